The van der Waals surface area contributed by atoms with E-state index in [-0.39, 0.29) is 17.4 Å². The molecule has 1 heterocycles. The van der Waals surface area contributed by atoms with Crippen molar-refractivity contribution in [2.75, 3.05) is 12.4 Å². The molecule has 1 amide bonds. The number of amides is 1. The smallest absolute Gasteiger partial charge is 0.262 e. The molecule has 1 unspecified atom stereocenters. The molecule has 2 fully saturated rings. The zero-order valence-electron chi connectivity index (χ0n) is 20.4. The van der Waals surface area contributed by atoms with E-state index in [2.05, 4.69) is 68.3 Å². The van der Waals surface area contributed by atoms with Gasteiger partial charge in [0.25, 0.3) is 5.91 Å². The second-order valence-corrected chi connectivity index (χ2v) is 10.8. The van der Waals surface area contributed by atoms with Gasteiger partial charge in [-0.3, -0.25) is 4.79 Å². The summed E-state index contributed by atoms with van der Waals surface area (Å²) in [5, 5.41) is 3.62. The molecule has 0 bridgehead atoms. The zero-order chi connectivity index (χ0) is 23.5. The van der Waals surface area contributed by atoms with Gasteiger partial charge in [0.1, 0.15) is 5.75 Å². The standard InChI is InChI=1S/C28H36N2O2S/c1-18(2)23-16-21(20(4)15-25(23)32-5)17-26-27(31)30(24-14-10-9-11-19(24)3)28(33-26)29-22-12-7-6-8-13-22/h6-8,12-13,15-19,24,28-29H,9-11,14H2,1-5H3/b26-17-/t19-,24-,28?/m1/s1. The number of ether oxygens (including phenoxy) is 1. The highest BCUT2D eigenvalue weighted by Gasteiger charge is 2.43. The Balaban J connectivity index is 1.70. The van der Waals surface area contributed by atoms with Crippen LogP contribution in [-0.2, 0) is 4.79 Å². The van der Waals surface area contributed by atoms with Crippen molar-refractivity contribution in [2.24, 2.45) is 5.92 Å². The van der Waals surface area contributed by atoms with Crippen LogP contribution in [0, 0.1) is 12.8 Å². The minimum atomic E-state index is -0.0974. The predicted molar refractivity (Wildman–Crippen MR) is 140 cm³/mol. The first-order chi connectivity index (χ1) is 15.9. The fraction of sp³-hybridized carbons (Fsp3) is 0.464. The van der Waals surface area contributed by atoms with Crippen LogP contribution in [0.25, 0.3) is 6.08 Å². The molecule has 5 heteroatoms. The maximum absolute atomic E-state index is 13.8. The van der Waals surface area contributed by atoms with Crippen molar-refractivity contribution in [3.05, 3.63) is 64.1 Å². The van der Waals surface area contributed by atoms with Crippen LogP contribution in [0.15, 0.2) is 47.4 Å². The zero-order valence-corrected chi connectivity index (χ0v) is 21.2. The normalized spacial score (nSPS) is 24.5. The van der Waals surface area contributed by atoms with E-state index in [1.165, 1.54) is 24.8 Å². The predicted octanol–water partition coefficient (Wildman–Crippen LogP) is 7.02. The van der Waals surface area contributed by atoms with Crippen LogP contribution in [0.2, 0.25) is 0 Å². The molecule has 1 N–H and O–H groups in total. The van der Waals surface area contributed by atoms with Gasteiger partial charge in [0.2, 0.25) is 0 Å². The Labute approximate surface area is 202 Å². The fourth-order valence-electron chi connectivity index (χ4n) is 5.01. The van der Waals surface area contributed by atoms with Gasteiger partial charge in [-0.05, 0) is 78.6 Å². The Bertz CT molecular complexity index is 1020. The average Bonchev–Trinajstić information content (AvgIpc) is 3.10. The topological polar surface area (TPSA) is 41.6 Å². The SMILES string of the molecule is COc1cc(C)c(/C=C2\SC(Nc3ccccc3)N([C@@H]3CCCC[C@H]3C)C2=O)cc1C(C)C. The van der Waals surface area contributed by atoms with Gasteiger partial charge >= 0.3 is 0 Å². The lowest BCUT2D eigenvalue weighted by Crippen LogP contribution is -2.48. The van der Waals surface area contributed by atoms with Gasteiger partial charge in [0, 0.05) is 11.7 Å². The summed E-state index contributed by atoms with van der Waals surface area (Å²) >= 11 is 1.64. The molecule has 1 aliphatic heterocycles. The number of nitrogens with zero attached hydrogens (tertiary/aromatic N) is 1. The number of thioether (sulfide) groups is 1. The third-order valence-electron chi connectivity index (χ3n) is 6.95. The summed E-state index contributed by atoms with van der Waals surface area (Å²) < 4.78 is 5.61. The molecular weight excluding hydrogens is 428 g/mol. The van der Waals surface area contributed by atoms with E-state index in [1.807, 2.05) is 18.2 Å². The number of carbonyl (C=O) groups excluding carboxylic acids is 1. The summed E-state index contributed by atoms with van der Waals surface area (Å²) in [5.74, 6) is 1.92. The number of benzene rings is 2. The van der Waals surface area contributed by atoms with E-state index in [4.69, 9.17) is 4.74 Å². The second kappa shape index (κ2) is 10.3. The molecule has 0 aromatic heterocycles. The van der Waals surface area contributed by atoms with E-state index in [9.17, 15) is 4.79 Å². The molecule has 33 heavy (non-hydrogen) atoms. The lowest BCUT2D eigenvalue weighted by molar-refractivity contribution is -0.129. The van der Waals surface area contributed by atoms with E-state index in [0.29, 0.717) is 11.8 Å². The van der Waals surface area contributed by atoms with Crippen LogP contribution in [0.3, 0.4) is 0 Å². The number of para-hydroxylation sites is 1. The number of hydrogen-bond acceptors (Lipinski definition) is 4. The molecule has 3 atom stereocenters. The summed E-state index contributed by atoms with van der Waals surface area (Å²) in [6.45, 7) is 8.73. The highest BCUT2D eigenvalue weighted by atomic mass is 32.2. The van der Waals surface area contributed by atoms with Gasteiger partial charge in [-0.25, -0.2) is 0 Å². The summed E-state index contributed by atoms with van der Waals surface area (Å²) in [7, 11) is 1.72. The Morgan fingerprint density at radius 1 is 1.15 bits per heavy atom. The summed E-state index contributed by atoms with van der Waals surface area (Å²) in [5.41, 5.74) is 4.32. The third kappa shape index (κ3) is 5.08. The van der Waals surface area contributed by atoms with Gasteiger partial charge in [0.05, 0.1) is 12.0 Å². The minimum Gasteiger partial charge on any atom is -0.496 e. The van der Waals surface area contributed by atoms with Crippen molar-refractivity contribution < 1.29 is 9.53 Å². The van der Waals surface area contributed by atoms with Gasteiger partial charge in [-0.15, -0.1) is 0 Å². The molecule has 4 rings (SSSR count). The molecule has 2 aliphatic rings. The number of carbonyl (C=O) groups is 1. The number of hydrogen-bond donors (Lipinski definition) is 1. The first kappa shape index (κ1) is 23.7. The lowest BCUT2D eigenvalue weighted by Gasteiger charge is -2.39. The van der Waals surface area contributed by atoms with Crippen LogP contribution >= 0.6 is 11.8 Å². The van der Waals surface area contributed by atoms with Gasteiger partial charge in [-0.2, -0.15) is 0 Å². The average molecular weight is 465 g/mol. The van der Waals surface area contributed by atoms with Crippen molar-refractivity contribution in [3.63, 3.8) is 0 Å². The summed E-state index contributed by atoms with van der Waals surface area (Å²) in [6, 6.07) is 14.8. The molecule has 1 saturated carbocycles. The molecule has 2 aromatic carbocycles. The number of aryl methyl sites for hydroxylation is 1. The van der Waals surface area contributed by atoms with Crippen molar-refractivity contribution in [3.8, 4) is 5.75 Å². The van der Waals surface area contributed by atoms with Crippen LogP contribution in [0.4, 0.5) is 5.69 Å². The van der Waals surface area contributed by atoms with E-state index in [1.54, 1.807) is 18.9 Å². The molecular formula is C28H36N2O2S. The van der Waals surface area contributed by atoms with Crippen LogP contribution in [0.5, 0.6) is 5.75 Å². The minimum absolute atomic E-state index is 0.0974. The largest absolute Gasteiger partial charge is 0.496 e. The first-order valence-corrected chi connectivity index (χ1v) is 13.0. The molecule has 176 valence electrons. The Morgan fingerprint density at radius 3 is 2.55 bits per heavy atom. The molecule has 0 spiro atoms. The monoisotopic (exact) mass is 464 g/mol. The molecule has 4 nitrogen and oxygen atoms in total. The van der Waals surface area contributed by atoms with Crippen molar-refractivity contribution >= 4 is 29.4 Å². The van der Waals surface area contributed by atoms with Crippen molar-refractivity contribution in [1.29, 1.82) is 0 Å². The van der Waals surface area contributed by atoms with Crippen LogP contribution in [-0.4, -0.2) is 29.5 Å². The first-order valence-electron chi connectivity index (χ1n) is 12.1. The maximum Gasteiger partial charge on any atom is 0.262 e. The van der Waals surface area contributed by atoms with E-state index in [0.717, 1.165) is 33.9 Å². The van der Waals surface area contributed by atoms with Crippen LogP contribution < -0.4 is 10.1 Å². The lowest BCUT2D eigenvalue weighted by atomic mass is 9.85. The van der Waals surface area contributed by atoms with E-state index < -0.39 is 0 Å². The molecule has 1 aliphatic carbocycles. The van der Waals surface area contributed by atoms with Gasteiger partial charge in [-0.1, -0.05) is 63.6 Å². The van der Waals surface area contributed by atoms with Crippen LogP contribution in [0.1, 0.15) is 69.1 Å². The Kier molecular flexibility index (Phi) is 7.38. The van der Waals surface area contributed by atoms with Crippen molar-refractivity contribution in [1.82, 2.24) is 4.90 Å². The second-order valence-electron chi connectivity index (χ2n) is 9.64. The quantitative estimate of drug-likeness (QED) is 0.467. The van der Waals surface area contributed by atoms with Gasteiger partial charge < -0.3 is 15.0 Å². The highest BCUT2D eigenvalue weighted by Crippen LogP contribution is 2.43. The third-order valence-corrected chi connectivity index (χ3v) is 8.07. The Hall–Kier alpha value is -2.40. The number of nitrogens with one attached hydrogen (secondary N) is 1. The Morgan fingerprint density at radius 2 is 1.88 bits per heavy atom. The number of rotatable bonds is 6. The molecule has 2 aromatic rings. The van der Waals surface area contributed by atoms with Crippen molar-refractivity contribution in [2.45, 2.75) is 70.8 Å². The summed E-state index contributed by atoms with van der Waals surface area (Å²) in [4.78, 5) is 16.7. The van der Waals surface area contributed by atoms with Gasteiger partial charge in [0.15, 0.2) is 5.50 Å². The summed E-state index contributed by atoms with van der Waals surface area (Å²) in [6.07, 6.45) is 6.80. The highest BCUT2D eigenvalue weighted by molar-refractivity contribution is 8.05. The maximum atomic E-state index is 13.8. The molecule has 0 radical (unpaired) electrons. The fourth-order valence-corrected chi connectivity index (χ4v) is 6.21. The van der Waals surface area contributed by atoms with E-state index >= 15 is 0 Å². The molecule has 1 saturated heterocycles. The number of anilines is 1. The number of methoxy groups -OCH3 is 1.